The van der Waals surface area contributed by atoms with Gasteiger partial charge in [0.1, 0.15) is 5.76 Å². The third kappa shape index (κ3) is 3.98. The van der Waals surface area contributed by atoms with E-state index in [2.05, 4.69) is 45.1 Å². The van der Waals surface area contributed by atoms with Crippen molar-refractivity contribution >= 4 is 15.9 Å². The van der Waals surface area contributed by atoms with Crippen LogP contribution in [0, 0.1) is 0 Å². The van der Waals surface area contributed by atoms with E-state index in [0.29, 0.717) is 6.54 Å². The van der Waals surface area contributed by atoms with Crippen LogP contribution in [0.15, 0.2) is 51.6 Å². The van der Waals surface area contributed by atoms with Crippen LogP contribution in [0.2, 0.25) is 0 Å². The second-order valence-corrected chi connectivity index (χ2v) is 5.12. The van der Waals surface area contributed by atoms with Crippen LogP contribution < -0.4 is 5.73 Å². The molecule has 0 bridgehead atoms. The summed E-state index contributed by atoms with van der Waals surface area (Å²) in [5.74, 6) is 0.973. The molecule has 2 N–H and O–H groups in total. The maximum atomic E-state index is 5.66. The van der Waals surface area contributed by atoms with Crippen LogP contribution in [0.3, 0.4) is 0 Å². The Balaban J connectivity index is 1.99. The van der Waals surface area contributed by atoms with Gasteiger partial charge in [-0.05, 0) is 29.8 Å². The van der Waals surface area contributed by atoms with Crippen molar-refractivity contribution in [3.8, 4) is 0 Å². The Labute approximate surface area is 116 Å². The molecule has 0 amide bonds. The fourth-order valence-corrected chi connectivity index (χ4v) is 2.13. The van der Waals surface area contributed by atoms with E-state index in [-0.39, 0.29) is 0 Å². The molecule has 1 aromatic carbocycles. The van der Waals surface area contributed by atoms with E-state index >= 15 is 0 Å². The van der Waals surface area contributed by atoms with Crippen LogP contribution in [-0.4, -0.2) is 18.0 Å². The molecule has 1 aromatic heterocycles. The molecule has 0 aliphatic carbocycles. The third-order valence-corrected chi connectivity index (χ3v) is 3.25. The van der Waals surface area contributed by atoms with Crippen LogP contribution in [0.4, 0.5) is 0 Å². The molecular formula is C14H17BrN2O. The van der Waals surface area contributed by atoms with E-state index in [1.165, 1.54) is 5.56 Å². The van der Waals surface area contributed by atoms with Crippen LogP contribution >= 0.6 is 15.9 Å². The van der Waals surface area contributed by atoms with E-state index in [1.54, 1.807) is 6.26 Å². The Morgan fingerprint density at radius 3 is 2.50 bits per heavy atom. The van der Waals surface area contributed by atoms with E-state index < -0.39 is 0 Å². The Kier molecular flexibility index (Phi) is 4.99. The Bertz CT molecular complexity index is 453. The Morgan fingerprint density at radius 1 is 1.11 bits per heavy atom. The standard InChI is InChI=1S/C14H17BrN2O/c15-13-5-3-12(4-6-13)10-17(8-7-16)11-14-2-1-9-18-14/h1-6,9H,7-8,10-11,16H2. The molecule has 0 aliphatic rings. The van der Waals surface area contributed by atoms with Gasteiger partial charge in [-0.1, -0.05) is 28.1 Å². The minimum atomic E-state index is 0.650. The quantitative estimate of drug-likeness (QED) is 0.892. The first-order chi connectivity index (χ1) is 8.78. The zero-order chi connectivity index (χ0) is 12.8. The van der Waals surface area contributed by atoms with Gasteiger partial charge >= 0.3 is 0 Å². The van der Waals surface area contributed by atoms with Gasteiger partial charge in [-0.3, -0.25) is 4.90 Å². The second kappa shape index (κ2) is 6.73. The van der Waals surface area contributed by atoms with Crippen molar-refractivity contribution in [1.82, 2.24) is 4.90 Å². The molecule has 0 atom stereocenters. The number of furan rings is 1. The van der Waals surface area contributed by atoms with Crippen molar-refractivity contribution in [3.05, 3.63) is 58.5 Å². The molecular weight excluding hydrogens is 292 g/mol. The summed E-state index contributed by atoms with van der Waals surface area (Å²) < 4.78 is 6.48. The summed E-state index contributed by atoms with van der Waals surface area (Å²) in [6, 6.07) is 12.3. The molecule has 4 heteroatoms. The molecule has 3 nitrogen and oxygen atoms in total. The van der Waals surface area contributed by atoms with Crippen molar-refractivity contribution in [2.75, 3.05) is 13.1 Å². The number of nitrogens with two attached hydrogens (primary N) is 1. The van der Waals surface area contributed by atoms with Crippen molar-refractivity contribution in [2.24, 2.45) is 5.73 Å². The van der Waals surface area contributed by atoms with E-state index in [4.69, 9.17) is 10.2 Å². The van der Waals surface area contributed by atoms with Gasteiger partial charge < -0.3 is 10.2 Å². The molecule has 2 aromatic rings. The molecule has 0 spiro atoms. The van der Waals surface area contributed by atoms with E-state index in [1.807, 2.05) is 12.1 Å². The predicted octanol–water partition coefficient (Wildman–Crippen LogP) is 3.00. The minimum absolute atomic E-state index is 0.650. The first-order valence-corrected chi connectivity index (χ1v) is 6.76. The van der Waals surface area contributed by atoms with E-state index in [0.717, 1.165) is 29.9 Å². The van der Waals surface area contributed by atoms with Crippen LogP contribution in [0.25, 0.3) is 0 Å². The lowest BCUT2D eigenvalue weighted by Gasteiger charge is -2.20. The lowest BCUT2D eigenvalue weighted by atomic mass is 10.2. The molecule has 2 rings (SSSR count). The highest BCUT2D eigenvalue weighted by Gasteiger charge is 2.07. The zero-order valence-corrected chi connectivity index (χ0v) is 11.8. The highest BCUT2D eigenvalue weighted by atomic mass is 79.9. The van der Waals surface area contributed by atoms with Crippen LogP contribution in [-0.2, 0) is 13.1 Å². The molecule has 96 valence electrons. The minimum Gasteiger partial charge on any atom is -0.468 e. The summed E-state index contributed by atoms with van der Waals surface area (Å²) in [5.41, 5.74) is 6.93. The average Bonchev–Trinajstić information content (AvgIpc) is 2.85. The Morgan fingerprint density at radius 2 is 1.89 bits per heavy atom. The third-order valence-electron chi connectivity index (χ3n) is 2.72. The molecule has 0 radical (unpaired) electrons. The number of benzene rings is 1. The lowest BCUT2D eigenvalue weighted by molar-refractivity contribution is 0.242. The smallest absolute Gasteiger partial charge is 0.117 e. The summed E-state index contributed by atoms with van der Waals surface area (Å²) in [5, 5.41) is 0. The van der Waals surface area contributed by atoms with Gasteiger partial charge in [-0.15, -0.1) is 0 Å². The van der Waals surface area contributed by atoms with Gasteiger partial charge in [-0.2, -0.15) is 0 Å². The highest BCUT2D eigenvalue weighted by Crippen LogP contribution is 2.14. The molecule has 0 saturated heterocycles. The summed E-state index contributed by atoms with van der Waals surface area (Å²) in [7, 11) is 0. The number of hydrogen-bond acceptors (Lipinski definition) is 3. The van der Waals surface area contributed by atoms with Crippen molar-refractivity contribution in [2.45, 2.75) is 13.1 Å². The van der Waals surface area contributed by atoms with Gasteiger partial charge in [0, 0.05) is 24.1 Å². The molecule has 1 heterocycles. The number of halogens is 1. The normalized spacial score (nSPS) is 11.1. The van der Waals surface area contributed by atoms with Gasteiger partial charge in [0.2, 0.25) is 0 Å². The highest BCUT2D eigenvalue weighted by molar-refractivity contribution is 9.10. The first-order valence-electron chi connectivity index (χ1n) is 5.97. The van der Waals surface area contributed by atoms with E-state index in [9.17, 15) is 0 Å². The summed E-state index contributed by atoms with van der Waals surface area (Å²) in [6.45, 7) is 3.18. The number of rotatable bonds is 6. The van der Waals surface area contributed by atoms with Crippen molar-refractivity contribution < 1.29 is 4.42 Å². The lowest BCUT2D eigenvalue weighted by Crippen LogP contribution is -2.28. The maximum absolute atomic E-state index is 5.66. The van der Waals surface area contributed by atoms with Crippen molar-refractivity contribution in [1.29, 1.82) is 0 Å². The fraction of sp³-hybridized carbons (Fsp3) is 0.286. The van der Waals surface area contributed by atoms with Crippen molar-refractivity contribution in [3.63, 3.8) is 0 Å². The van der Waals surface area contributed by atoms with Crippen LogP contribution in [0.5, 0.6) is 0 Å². The largest absolute Gasteiger partial charge is 0.468 e. The monoisotopic (exact) mass is 308 g/mol. The SMILES string of the molecule is NCCN(Cc1ccc(Br)cc1)Cc1ccco1. The summed E-state index contributed by atoms with van der Waals surface area (Å²) in [4.78, 5) is 2.28. The molecule has 18 heavy (non-hydrogen) atoms. The fourth-order valence-electron chi connectivity index (χ4n) is 1.87. The summed E-state index contributed by atoms with van der Waals surface area (Å²) >= 11 is 3.44. The molecule has 0 saturated carbocycles. The zero-order valence-electron chi connectivity index (χ0n) is 10.2. The van der Waals surface area contributed by atoms with Crippen LogP contribution in [0.1, 0.15) is 11.3 Å². The molecule has 0 fully saturated rings. The predicted molar refractivity (Wildman–Crippen MR) is 76.0 cm³/mol. The number of hydrogen-bond donors (Lipinski definition) is 1. The van der Waals surface area contributed by atoms with Gasteiger partial charge in [0.25, 0.3) is 0 Å². The first kappa shape index (κ1) is 13.3. The Hall–Kier alpha value is -1.10. The van der Waals surface area contributed by atoms with Gasteiger partial charge in [-0.25, -0.2) is 0 Å². The second-order valence-electron chi connectivity index (χ2n) is 4.21. The van der Waals surface area contributed by atoms with Gasteiger partial charge in [0.05, 0.1) is 12.8 Å². The molecule has 0 unspecified atom stereocenters. The van der Waals surface area contributed by atoms with Gasteiger partial charge in [0.15, 0.2) is 0 Å². The molecule has 0 aliphatic heterocycles. The summed E-state index contributed by atoms with van der Waals surface area (Å²) in [6.07, 6.45) is 1.70. The average molecular weight is 309 g/mol. The topological polar surface area (TPSA) is 42.4 Å². The maximum Gasteiger partial charge on any atom is 0.117 e. The number of nitrogens with zero attached hydrogens (tertiary/aromatic N) is 1.